The van der Waals surface area contributed by atoms with Crippen LogP contribution in [0.2, 0.25) is 0 Å². The molecule has 31 heavy (non-hydrogen) atoms. The SMILES string of the molecule is C=C/C(=C\C)c1cc(C(=O)OCC2(CC)COC2)cc(C(=O)OCC2(CC)COC2)c1. The van der Waals surface area contributed by atoms with Gasteiger partial charge in [0.2, 0.25) is 0 Å². The number of ether oxygens (including phenoxy) is 4. The molecule has 2 saturated heterocycles. The summed E-state index contributed by atoms with van der Waals surface area (Å²) >= 11 is 0. The molecular formula is C25H32O6. The molecule has 168 valence electrons. The second-order valence-electron chi connectivity index (χ2n) is 8.59. The van der Waals surface area contributed by atoms with Crippen molar-refractivity contribution < 1.29 is 28.5 Å². The highest BCUT2D eigenvalue weighted by molar-refractivity contribution is 5.97. The summed E-state index contributed by atoms with van der Waals surface area (Å²) in [5.41, 5.74) is 1.95. The van der Waals surface area contributed by atoms with E-state index >= 15 is 0 Å². The smallest absolute Gasteiger partial charge is 0.338 e. The van der Waals surface area contributed by atoms with Crippen molar-refractivity contribution in [3.8, 4) is 0 Å². The summed E-state index contributed by atoms with van der Waals surface area (Å²) in [6.45, 7) is 12.8. The zero-order chi connectivity index (χ0) is 22.5. The molecule has 0 saturated carbocycles. The lowest BCUT2D eigenvalue weighted by Crippen LogP contribution is -2.46. The minimum absolute atomic E-state index is 0.107. The molecule has 0 N–H and O–H groups in total. The maximum absolute atomic E-state index is 12.8. The van der Waals surface area contributed by atoms with Gasteiger partial charge < -0.3 is 18.9 Å². The zero-order valence-corrected chi connectivity index (χ0v) is 18.7. The van der Waals surface area contributed by atoms with Crippen molar-refractivity contribution in [1.29, 1.82) is 0 Å². The number of allylic oxidation sites excluding steroid dienone is 3. The Hall–Kier alpha value is -2.44. The van der Waals surface area contributed by atoms with Crippen molar-refractivity contribution in [3.05, 3.63) is 53.6 Å². The predicted octanol–water partition coefficient (Wildman–Crippen LogP) is 4.44. The molecule has 2 heterocycles. The molecule has 0 bridgehead atoms. The molecule has 0 unspecified atom stereocenters. The van der Waals surface area contributed by atoms with Crippen LogP contribution in [-0.4, -0.2) is 51.6 Å². The van der Waals surface area contributed by atoms with Gasteiger partial charge in [-0.1, -0.05) is 32.6 Å². The third-order valence-corrected chi connectivity index (χ3v) is 6.42. The van der Waals surface area contributed by atoms with Gasteiger partial charge in [0.1, 0.15) is 13.2 Å². The van der Waals surface area contributed by atoms with Gasteiger partial charge in [-0.15, -0.1) is 0 Å². The van der Waals surface area contributed by atoms with Crippen molar-refractivity contribution in [2.75, 3.05) is 39.6 Å². The fraction of sp³-hybridized carbons (Fsp3) is 0.520. The van der Waals surface area contributed by atoms with Gasteiger partial charge in [-0.2, -0.15) is 0 Å². The molecule has 0 atom stereocenters. The van der Waals surface area contributed by atoms with Gasteiger partial charge >= 0.3 is 11.9 Å². The first kappa shape index (κ1) is 23.2. The number of esters is 2. The van der Waals surface area contributed by atoms with Crippen molar-refractivity contribution >= 4 is 17.5 Å². The lowest BCUT2D eigenvalue weighted by molar-refractivity contribution is -0.140. The van der Waals surface area contributed by atoms with E-state index in [1.54, 1.807) is 18.2 Å². The van der Waals surface area contributed by atoms with Gasteiger partial charge in [-0.05, 0) is 49.1 Å². The Morgan fingerprint density at radius 3 is 1.61 bits per heavy atom. The summed E-state index contributed by atoms with van der Waals surface area (Å²) in [6, 6.07) is 4.98. The normalized spacial score (nSPS) is 19.0. The van der Waals surface area contributed by atoms with Crippen LogP contribution in [0.4, 0.5) is 0 Å². The van der Waals surface area contributed by atoms with E-state index in [0.29, 0.717) is 56.3 Å². The standard InChI is InChI=1S/C25H32O6/c1-5-18(6-2)19-9-20(22(26)30-16-24(7-3)12-28-13-24)11-21(10-19)23(27)31-17-25(8-4)14-29-15-25/h5-6,9-11H,1,7-8,12-17H2,2-4H3/b18-6+. The lowest BCUT2D eigenvalue weighted by Gasteiger charge is -2.40. The second kappa shape index (κ2) is 9.79. The van der Waals surface area contributed by atoms with E-state index in [4.69, 9.17) is 18.9 Å². The number of hydrogen-bond acceptors (Lipinski definition) is 6. The number of carbonyl (C=O) groups is 2. The first-order valence-electron chi connectivity index (χ1n) is 10.8. The van der Waals surface area contributed by atoms with E-state index in [1.807, 2.05) is 13.0 Å². The molecule has 0 amide bonds. The Morgan fingerprint density at radius 1 is 0.903 bits per heavy atom. The van der Waals surface area contributed by atoms with Gasteiger partial charge in [0.15, 0.2) is 0 Å². The molecule has 1 aromatic rings. The summed E-state index contributed by atoms with van der Waals surface area (Å²) in [7, 11) is 0. The van der Waals surface area contributed by atoms with Crippen LogP contribution in [0.1, 0.15) is 59.9 Å². The molecule has 3 rings (SSSR count). The molecule has 0 aliphatic carbocycles. The van der Waals surface area contributed by atoms with Crippen LogP contribution in [-0.2, 0) is 18.9 Å². The Bertz CT molecular complexity index is 793. The fourth-order valence-corrected chi connectivity index (χ4v) is 3.60. The molecule has 1 aromatic carbocycles. The average molecular weight is 429 g/mol. The first-order chi connectivity index (χ1) is 14.9. The number of hydrogen-bond donors (Lipinski definition) is 0. The third kappa shape index (κ3) is 5.08. The summed E-state index contributed by atoms with van der Waals surface area (Å²) in [4.78, 5) is 25.6. The summed E-state index contributed by atoms with van der Waals surface area (Å²) < 4.78 is 21.8. The van der Waals surface area contributed by atoms with Crippen LogP contribution in [0, 0.1) is 10.8 Å². The maximum Gasteiger partial charge on any atom is 0.338 e. The van der Waals surface area contributed by atoms with Crippen molar-refractivity contribution in [1.82, 2.24) is 0 Å². The van der Waals surface area contributed by atoms with Gasteiger partial charge in [-0.3, -0.25) is 0 Å². The van der Waals surface area contributed by atoms with Crippen LogP contribution < -0.4 is 0 Å². The third-order valence-electron chi connectivity index (χ3n) is 6.42. The van der Waals surface area contributed by atoms with E-state index in [2.05, 4.69) is 20.4 Å². The lowest BCUT2D eigenvalue weighted by atomic mass is 9.84. The first-order valence-corrected chi connectivity index (χ1v) is 10.8. The van der Waals surface area contributed by atoms with Crippen molar-refractivity contribution in [2.45, 2.75) is 33.6 Å². The van der Waals surface area contributed by atoms with Crippen LogP contribution in [0.3, 0.4) is 0 Å². The van der Waals surface area contributed by atoms with Crippen LogP contribution in [0.15, 0.2) is 36.9 Å². The quantitative estimate of drug-likeness (QED) is 0.405. The maximum atomic E-state index is 12.8. The van der Waals surface area contributed by atoms with Crippen LogP contribution >= 0.6 is 0 Å². The van der Waals surface area contributed by atoms with Crippen molar-refractivity contribution in [3.63, 3.8) is 0 Å². The molecule has 2 fully saturated rings. The number of carbonyl (C=O) groups excluding carboxylic acids is 2. The largest absolute Gasteiger partial charge is 0.461 e. The fourth-order valence-electron chi connectivity index (χ4n) is 3.60. The van der Waals surface area contributed by atoms with Crippen LogP contribution in [0.25, 0.3) is 5.57 Å². The molecule has 0 radical (unpaired) electrons. The molecule has 2 aliphatic heterocycles. The van der Waals surface area contributed by atoms with Gasteiger partial charge in [0.25, 0.3) is 0 Å². The van der Waals surface area contributed by atoms with Gasteiger partial charge in [-0.25, -0.2) is 9.59 Å². The highest BCUT2D eigenvalue weighted by Gasteiger charge is 2.39. The molecule has 2 aliphatic rings. The second-order valence-corrected chi connectivity index (χ2v) is 8.59. The van der Waals surface area contributed by atoms with E-state index in [-0.39, 0.29) is 10.8 Å². The summed E-state index contributed by atoms with van der Waals surface area (Å²) in [6.07, 6.45) is 5.32. The van der Waals surface area contributed by atoms with Crippen LogP contribution in [0.5, 0.6) is 0 Å². The monoisotopic (exact) mass is 428 g/mol. The minimum atomic E-state index is -0.465. The Kier molecular flexibility index (Phi) is 7.34. The summed E-state index contributed by atoms with van der Waals surface area (Å²) in [5, 5.41) is 0. The van der Waals surface area contributed by atoms with E-state index in [9.17, 15) is 9.59 Å². The van der Waals surface area contributed by atoms with E-state index in [0.717, 1.165) is 18.4 Å². The minimum Gasteiger partial charge on any atom is -0.461 e. The molecule has 0 spiro atoms. The average Bonchev–Trinajstić information content (AvgIpc) is 2.73. The Labute approximate surface area is 184 Å². The Morgan fingerprint density at radius 2 is 1.32 bits per heavy atom. The number of rotatable bonds is 10. The molecule has 6 nitrogen and oxygen atoms in total. The molecule has 6 heteroatoms. The van der Waals surface area contributed by atoms with Gasteiger partial charge in [0, 0.05) is 0 Å². The molecule has 0 aromatic heterocycles. The van der Waals surface area contributed by atoms with E-state index in [1.165, 1.54) is 6.07 Å². The summed E-state index contributed by atoms with van der Waals surface area (Å²) in [5.74, 6) is -0.930. The molecular weight excluding hydrogens is 396 g/mol. The van der Waals surface area contributed by atoms with Gasteiger partial charge in [0.05, 0.1) is 48.4 Å². The Balaban J connectivity index is 1.79. The van der Waals surface area contributed by atoms with E-state index < -0.39 is 11.9 Å². The highest BCUT2D eigenvalue weighted by atomic mass is 16.6. The van der Waals surface area contributed by atoms with Crippen molar-refractivity contribution in [2.24, 2.45) is 10.8 Å². The highest BCUT2D eigenvalue weighted by Crippen LogP contribution is 2.33. The predicted molar refractivity (Wildman–Crippen MR) is 118 cm³/mol. The zero-order valence-electron chi connectivity index (χ0n) is 18.7. The topological polar surface area (TPSA) is 71.1 Å². The number of benzene rings is 1.